The molecule has 0 atom stereocenters. The first-order valence-electron chi connectivity index (χ1n) is 7.68. The first kappa shape index (κ1) is 17.5. The molecule has 0 bridgehead atoms. The van der Waals surface area contributed by atoms with Gasteiger partial charge in [-0.25, -0.2) is 9.97 Å². The summed E-state index contributed by atoms with van der Waals surface area (Å²) in [5.41, 5.74) is 1.66. The van der Waals surface area contributed by atoms with Gasteiger partial charge < -0.3 is 9.73 Å². The molecule has 1 N–H and O–H groups in total. The van der Waals surface area contributed by atoms with Crippen molar-refractivity contribution in [1.82, 2.24) is 9.97 Å². The number of aromatic nitrogens is 2. The molecule has 0 saturated heterocycles. The summed E-state index contributed by atoms with van der Waals surface area (Å²) >= 11 is 1.25. The number of carbonyl (C=O) groups excluding carboxylic acids is 1. The van der Waals surface area contributed by atoms with Crippen LogP contribution in [0, 0.1) is 18.3 Å². The molecule has 0 spiro atoms. The van der Waals surface area contributed by atoms with Crippen molar-refractivity contribution in [1.29, 1.82) is 5.26 Å². The standard InChI is InChI=1S/C19H14N4O2S/c1-13-3-5-15(6-4-13)23-18(24)14(12-20)11-16-7-8-17(25-16)26-19-21-9-2-10-22-19/h2-11H,1H3,(H,23,24)/b14-11-. The molecule has 2 heterocycles. The number of anilines is 1. The summed E-state index contributed by atoms with van der Waals surface area (Å²) in [7, 11) is 0. The number of hydrogen-bond donors (Lipinski definition) is 1. The van der Waals surface area contributed by atoms with Gasteiger partial charge in [0.15, 0.2) is 10.2 Å². The van der Waals surface area contributed by atoms with Crippen molar-refractivity contribution in [3.63, 3.8) is 0 Å². The van der Waals surface area contributed by atoms with E-state index in [0.717, 1.165) is 5.56 Å². The van der Waals surface area contributed by atoms with Crippen LogP contribution in [0.3, 0.4) is 0 Å². The highest BCUT2D eigenvalue weighted by Crippen LogP contribution is 2.27. The number of nitriles is 1. The summed E-state index contributed by atoms with van der Waals surface area (Å²) < 4.78 is 5.61. The van der Waals surface area contributed by atoms with Crippen LogP contribution in [0.4, 0.5) is 5.69 Å². The van der Waals surface area contributed by atoms with E-state index in [1.54, 1.807) is 42.7 Å². The van der Waals surface area contributed by atoms with Crippen molar-refractivity contribution in [2.75, 3.05) is 5.32 Å². The zero-order chi connectivity index (χ0) is 18.4. The average molecular weight is 362 g/mol. The minimum atomic E-state index is -0.492. The summed E-state index contributed by atoms with van der Waals surface area (Å²) in [4.78, 5) is 20.5. The number of nitrogens with one attached hydrogen (secondary N) is 1. The van der Waals surface area contributed by atoms with Crippen LogP contribution in [-0.4, -0.2) is 15.9 Å². The average Bonchev–Trinajstić information content (AvgIpc) is 3.09. The Morgan fingerprint density at radius 3 is 2.62 bits per heavy atom. The maximum absolute atomic E-state index is 12.3. The Labute approximate surface area is 154 Å². The molecule has 1 aromatic carbocycles. The number of nitrogens with zero attached hydrogens (tertiary/aromatic N) is 3. The van der Waals surface area contributed by atoms with E-state index in [0.29, 0.717) is 21.7 Å². The lowest BCUT2D eigenvalue weighted by Gasteiger charge is -2.04. The van der Waals surface area contributed by atoms with Gasteiger partial charge in [-0.3, -0.25) is 4.79 Å². The van der Waals surface area contributed by atoms with Crippen LogP contribution in [0.5, 0.6) is 0 Å². The molecule has 3 rings (SSSR count). The molecule has 0 radical (unpaired) electrons. The van der Waals surface area contributed by atoms with Crippen molar-refractivity contribution in [2.45, 2.75) is 17.2 Å². The monoisotopic (exact) mass is 362 g/mol. The second-order valence-corrected chi connectivity index (χ2v) is 6.25. The zero-order valence-electron chi connectivity index (χ0n) is 13.8. The third kappa shape index (κ3) is 4.59. The highest BCUT2D eigenvalue weighted by Gasteiger charge is 2.11. The van der Waals surface area contributed by atoms with Crippen molar-refractivity contribution in [2.24, 2.45) is 0 Å². The predicted molar refractivity (Wildman–Crippen MR) is 98.3 cm³/mol. The molecule has 0 aliphatic heterocycles. The molecule has 2 aromatic heterocycles. The molecule has 3 aromatic rings. The molecule has 0 saturated carbocycles. The summed E-state index contributed by atoms with van der Waals surface area (Å²) in [6, 6.07) is 14.4. The Morgan fingerprint density at radius 1 is 1.19 bits per heavy atom. The maximum atomic E-state index is 12.3. The van der Waals surface area contributed by atoms with Crippen LogP contribution in [0.25, 0.3) is 6.08 Å². The van der Waals surface area contributed by atoms with Gasteiger partial charge in [-0.15, -0.1) is 0 Å². The third-order valence-corrected chi connectivity index (χ3v) is 4.11. The molecule has 7 heteroatoms. The van der Waals surface area contributed by atoms with Crippen molar-refractivity contribution in [3.8, 4) is 6.07 Å². The van der Waals surface area contributed by atoms with Gasteiger partial charge in [0, 0.05) is 24.2 Å². The number of hydrogen-bond acceptors (Lipinski definition) is 6. The molecule has 128 valence electrons. The van der Waals surface area contributed by atoms with Gasteiger partial charge in [0.25, 0.3) is 5.91 Å². The van der Waals surface area contributed by atoms with Crippen LogP contribution in [-0.2, 0) is 4.79 Å². The molecular weight excluding hydrogens is 348 g/mol. The van der Waals surface area contributed by atoms with Crippen molar-refractivity contribution in [3.05, 3.63) is 71.8 Å². The van der Waals surface area contributed by atoms with Crippen LogP contribution in [0.2, 0.25) is 0 Å². The van der Waals surface area contributed by atoms with Gasteiger partial charge in [0.05, 0.1) is 0 Å². The SMILES string of the molecule is Cc1ccc(NC(=O)/C(C#N)=C\c2ccc(Sc3ncccn3)o2)cc1. The zero-order valence-corrected chi connectivity index (χ0v) is 14.7. The number of aryl methyl sites for hydroxylation is 1. The highest BCUT2D eigenvalue weighted by molar-refractivity contribution is 7.99. The minimum Gasteiger partial charge on any atom is -0.450 e. The van der Waals surface area contributed by atoms with Gasteiger partial charge in [0.1, 0.15) is 17.4 Å². The van der Waals surface area contributed by atoms with E-state index in [9.17, 15) is 10.1 Å². The van der Waals surface area contributed by atoms with E-state index < -0.39 is 5.91 Å². The van der Waals surface area contributed by atoms with Crippen LogP contribution >= 0.6 is 11.8 Å². The lowest BCUT2D eigenvalue weighted by atomic mass is 10.2. The summed E-state index contributed by atoms with van der Waals surface area (Å²) in [5.74, 6) is -0.0904. The fourth-order valence-corrected chi connectivity index (χ4v) is 2.70. The molecule has 0 fully saturated rings. The Kier molecular flexibility index (Phi) is 5.46. The molecule has 1 amide bonds. The van der Waals surface area contributed by atoms with Gasteiger partial charge in [-0.1, -0.05) is 17.7 Å². The van der Waals surface area contributed by atoms with Crippen molar-refractivity contribution >= 4 is 29.4 Å². The minimum absolute atomic E-state index is 0.0487. The van der Waals surface area contributed by atoms with Crippen molar-refractivity contribution < 1.29 is 9.21 Å². The van der Waals surface area contributed by atoms with Gasteiger partial charge in [-0.05, 0) is 49.0 Å². The van der Waals surface area contributed by atoms with E-state index >= 15 is 0 Å². The second-order valence-electron chi connectivity index (χ2n) is 5.28. The molecule has 0 aliphatic rings. The van der Waals surface area contributed by atoms with E-state index in [2.05, 4.69) is 15.3 Å². The number of rotatable bonds is 5. The Bertz CT molecular complexity index is 973. The maximum Gasteiger partial charge on any atom is 0.266 e. The lowest BCUT2D eigenvalue weighted by molar-refractivity contribution is -0.112. The molecule has 6 nitrogen and oxygen atoms in total. The van der Waals surface area contributed by atoms with Gasteiger partial charge in [-0.2, -0.15) is 5.26 Å². The van der Waals surface area contributed by atoms with Crippen LogP contribution < -0.4 is 5.32 Å². The summed E-state index contributed by atoms with van der Waals surface area (Å²) in [6.07, 6.45) is 4.68. The second kappa shape index (κ2) is 8.14. The summed E-state index contributed by atoms with van der Waals surface area (Å²) in [6.45, 7) is 1.96. The molecule has 26 heavy (non-hydrogen) atoms. The topological polar surface area (TPSA) is 91.8 Å². The quantitative estimate of drug-likeness (QED) is 0.418. The van der Waals surface area contributed by atoms with Gasteiger partial charge in [0.2, 0.25) is 0 Å². The molecular formula is C19H14N4O2S. The first-order valence-corrected chi connectivity index (χ1v) is 8.50. The Morgan fingerprint density at radius 2 is 1.92 bits per heavy atom. The highest BCUT2D eigenvalue weighted by atomic mass is 32.2. The molecule has 0 unspecified atom stereocenters. The number of furan rings is 1. The summed E-state index contributed by atoms with van der Waals surface area (Å²) in [5, 5.41) is 13.1. The number of benzene rings is 1. The van der Waals surface area contributed by atoms with E-state index in [1.165, 1.54) is 17.8 Å². The largest absolute Gasteiger partial charge is 0.450 e. The molecule has 0 aliphatic carbocycles. The van der Waals surface area contributed by atoms with Gasteiger partial charge >= 0.3 is 0 Å². The lowest BCUT2D eigenvalue weighted by Crippen LogP contribution is -2.13. The van der Waals surface area contributed by atoms with E-state index in [4.69, 9.17) is 4.42 Å². The Balaban J connectivity index is 1.71. The van der Waals surface area contributed by atoms with E-state index in [-0.39, 0.29) is 5.57 Å². The first-order chi connectivity index (χ1) is 12.6. The fourth-order valence-electron chi connectivity index (χ4n) is 2.02. The fraction of sp³-hybridized carbons (Fsp3) is 0.0526. The van der Waals surface area contributed by atoms with E-state index in [1.807, 2.05) is 25.1 Å². The normalized spacial score (nSPS) is 11.0. The Hall–Kier alpha value is -3.37. The third-order valence-electron chi connectivity index (χ3n) is 3.30. The van der Waals surface area contributed by atoms with Crippen LogP contribution in [0.15, 0.2) is 75.1 Å². The van der Waals surface area contributed by atoms with Crippen LogP contribution in [0.1, 0.15) is 11.3 Å². The number of amides is 1. The predicted octanol–water partition coefficient (Wildman–Crippen LogP) is 4.07. The number of carbonyl (C=O) groups is 1. The smallest absolute Gasteiger partial charge is 0.266 e.